The van der Waals surface area contributed by atoms with Crippen molar-refractivity contribution in [1.82, 2.24) is 0 Å². The highest BCUT2D eigenvalue weighted by Gasteiger charge is 2.01. The van der Waals surface area contributed by atoms with E-state index in [1.165, 1.54) is 16.7 Å². The normalized spacial score (nSPS) is 13.0. The summed E-state index contributed by atoms with van der Waals surface area (Å²) in [6.45, 7) is 5.98. The quantitative estimate of drug-likeness (QED) is 0.710. The second-order valence-corrected chi connectivity index (χ2v) is 3.48. The Hall–Kier alpha value is -0.820. The Morgan fingerprint density at radius 3 is 2.58 bits per heavy atom. The molecule has 0 fully saturated rings. The Morgan fingerprint density at radius 2 is 2.00 bits per heavy atom. The van der Waals surface area contributed by atoms with Crippen LogP contribution < -0.4 is 0 Å². The number of rotatable bonds is 2. The predicted molar refractivity (Wildman–Crippen MR) is 51.3 cm³/mol. The molecule has 0 unspecified atom stereocenters. The first-order chi connectivity index (χ1) is 5.59. The van der Waals surface area contributed by atoms with Crippen LogP contribution in [0.1, 0.15) is 23.6 Å². The summed E-state index contributed by atoms with van der Waals surface area (Å²) in [7, 11) is 0. The zero-order chi connectivity index (χ0) is 9.14. The van der Waals surface area contributed by atoms with Crippen molar-refractivity contribution in [3.05, 3.63) is 34.9 Å². The lowest BCUT2D eigenvalue weighted by molar-refractivity contribution is 0.195. The van der Waals surface area contributed by atoms with Crippen molar-refractivity contribution in [2.24, 2.45) is 0 Å². The van der Waals surface area contributed by atoms with Gasteiger partial charge in [0.2, 0.25) is 0 Å². The Morgan fingerprint density at radius 1 is 1.33 bits per heavy atom. The summed E-state index contributed by atoms with van der Waals surface area (Å²) >= 11 is 0. The molecule has 0 aliphatic rings. The fourth-order valence-electron chi connectivity index (χ4n) is 1.34. The molecule has 1 aromatic carbocycles. The molecule has 0 radical (unpaired) electrons. The topological polar surface area (TPSA) is 20.2 Å². The molecule has 0 bridgehead atoms. The third-order valence-electron chi connectivity index (χ3n) is 2.02. The minimum Gasteiger partial charge on any atom is -0.393 e. The molecule has 1 rings (SSSR count). The van der Waals surface area contributed by atoms with Crippen molar-refractivity contribution in [3.8, 4) is 0 Å². The van der Waals surface area contributed by atoms with E-state index in [-0.39, 0.29) is 6.10 Å². The maximum Gasteiger partial charge on any atom is 0.0552 e. The highest BCUT2D eigenvalue weighted by atomic mass is 16.3. The Labute approximate surface area is 74.1 Å². The van der Waals surface area contributed by atoms with Gasteiger partial charge in [0.1, 0.15) is 0 Å². The first-order valence-corrected chi connectivity index (χ1v) is 4.34. The summed E-state index contributed by atoms with van der Waals surface area (Å²) in [4.78, 5) is 0. The largest absolute Gasteiger partial charge is 0.393 e. The fraction of sp³-hybridized carbons (Fsp3) is 0.455. The minimum atomic E-state index is -0.245. The summed E-state index contributed by atoms with van der Waals surface area (Å²) in [6.07, 6.45) is 0.513. The van der Waals surface area contributed by atoms with Crippen molar-refractivity contribution >= 4 is 0 Å². The second-order valence-electron chi connectivity index (χ2n) is 3.48. The molecule has 1 aromatic rings. The van der Waals surface area contributed by atoms with Gasteiger partial charge >= 0.3 is 0 Å². The summed E-state index contributed by atoms with van der Waals surface area (Å²) < 4.78 is 0. The van der Waals surface area contributed by atoms with Gasteiger partial charge < -0.3 is 5.11 Å². The molecule has 1 atom stereocenters. The van der Waals surface area contributed by atoms with E-state index in [0.29, 0.717) is 0 Å². The number of benzene rings is 1. The molecule has 0 amide bonds. The number of aliphatic hydroxyl groups excluding tert-OH is 1. The van der Waals surface area contributed by atoms with Gasteiger partial charge in [0.25, 0.3) is 0 Å². The van der Waals surface area contributed by atoms with Crippen molar-refractivity contribution in [3.63, 3.8) is 0 Å². The molecule has 0 aromatic heterocycles. The first kappa shape index (κ1) is 9.27. The van der Waals surface area contributed by atoms with Gasteiger partial charge in [0, 0.05) is 0 Å². The van der Waals surface area contributed by atoms with E-state index in [9.17, 15) is 5.11 Å². The monoisotopic (exact) mass is 164 g/mol. The number of hydrogen-bond acceptors (Lipinski definition) is 1. The average molecular weight is 164 g/mol. The second kappa shape index (κ2) is 3.72. The van der Waals surface area contributed by atoms with Crippen LogP contribution >= 0.6 is 0 Å². The lowest BCUT2D eigenvalue weighted by Crippen LogP contribution is -2.05. The van der Waals surface area contributed by atoms with Crippen LogP contribution in [0.4, 0.5) is 0 Å². The smallest absolute Gasteiger partial charge is 0.0552 e. The molecule has 0 heterocycles. The van der Waals surface area contributed by atoms with E-state index in [1.807, 2.05) is 6.92 Å². The first-order valence-electron chi connectivity index (χ1n) is 4.34. The van der Waals surface area contributed by atoms with Crippen LogP contribution in [0.5, 0.6) is 0 Å². The zero-order valence-corrected chi connectivity index (χ0v) is 7.96. The van der Waals surface area contributed by atoms with Crippen molar-refractivity contribution in [2.45, 2.75) is 33.3 Å². The van der Waals surface area contributed by atoms with Crippen molar-refractivity contribution in [1.29, 1.82) is 0 Å². The molecular formula is C11H16O. The van der Waals surface area contributed by atoms with E-state index in [0.717, 1.165) is 6.42 Å². The number of aryl methyl sites for hydroxylation is 2. The molecule has 0 saturated heterocycles. The van der Waals surface area contributed by atoms with E-state index in [4.69, 9.17) is 0 Å². The van der Waals surface area contributed by atoms with Crippen LogP contribution in [-0.2, 0) is 6.42 Å². The summed E-state index contributed by atoms with van der Waals surface area (Å²) in [5, 5.41) is 9.22. The van der Waals surface area contributed by atoms with E-state index >= 15 is 0 Å². The number of hydrogen-bond donors (Lipinski definition) is 1. The standard InChI is InChI=1S/C11H16O/c1-8-4-5-9(2)11(6-8)7-10(3)12/h4-6,10,12H,7H2,1-3H3/t10-/m0/s1. The lowest BCUT2D eigenvalue weighted by Gasteiger charge is -2.08. The van der Waals surface area contributed by atoms with Gasteiger partial charge in [-0.25, -0.2) is 0 Å². The highest BCUT2D eigenvalue weighted by Crippen LogP contribution is 2.12. The van der Waals surface area contributed by atoms with E-state index in [2.05, 4.69) is 32.0 Å². The van der Waals surface area contributed by atoms with Crippen LogP contribution in [0.2, 0.25) is 0 Å². The highest BCUT2D eigenvalue weighted by molar-refractivity contribution is 5.30. The Bertz CT molecular complexity index is 264. The Kier molecular flexibility index (Phi) is 2.88. The molecule has 1 nitrogen and oxygen atoms in total. The van der Waals surface area contributed by atoms with E-state index < -0.39 is 0 Å². The lowest BCUT2D eigenvalue weighted by atomic mass is 10.0. The third-order valence-corrected chi connectivity index (χ3v) is 2.02. The predicted octanol–water partition coefficient (Wildman–Crippen LogP) is 2.23. The van der Waals surface area contributed by atoms with Gasteiger partial charge in [-0.15, -0.1) is 0 Å². The van der Waals surface area contributed by atoms with Crippen molar-refractivity contribution < 1.29 is 5.11 Å². The SMILES string of the molecule is Cc1ccc(C)c(C[C@H](C)O)c1. The summed E-state index contributed by atoms with van der Waals surface area (Å²) in [6, 6.07) is 6.34. The molecule has 1 heteroatoms. The molecule has 66 valence electrons. The van der Waals surface area contributed by atoms with E-state index in [1.54, 1.807) is 0 Å². The molecule has 1 N–H and O–H groups in total. The van der Waals surface area contributed by atoms with Crippen LogP contribution in [0, 0.1) is 13.8 Å². The fourth-order valence-corrected chi connectivity index (χ4v) is 1.34. The van der Waals surface area contributed by atoms with Crippen LogP contribution in [0.25, 0.3) is 0 Å². The minimum absolute atomic E-state index is 0.245. The Balaban J connectivity index is 2.90. The molecule has 0 saturated carbocycles. The number of aliphatic hydroxyl groups is 1. The summed E-state index contributed by atoms with van der Waals surface area (Å²) in [5.41, 5.74) is 3.78. The van der Waals surface area contributed by atoms with Gasteiger partial charge in [-0.05, 0) is 38.3 Å². The van der Waals surface area contributed by atoms with Gasteiger partial charge in [0.15, 0.2) is 0 Å². The van der Waals surface area contributed by atoms with Crippen molar-refractivity contribution in [2.75, 3.05) is 0 Å². The van der Waals surface area contributed by atoms with Crippen LogP contribution in [0.3, 0.4) is 0 Å². The molecule has 0 spiro atoms. The maximum atomic E-state index is 9.22. The molecular weight excluding hydrogens is 148 g/mol. The zero-order valence-electron chi connectivity index (χ0n) is 7.96. The van der Waals surface area contributed by atoms with Gasteiger partial charge in [-0.1, -0.05) is 23.8 Å². The van der Waals surface area contributed by atoms with Crippen LogP contribution in [-0.4, -0.2) is 11.2 Å². The van der Waals surface area contributed by atoms with Gasteiger partial charge in [-0.3, -0.25) is 0 Å². The van der Waals surface area contributed by atoms with Crippen LogP contribution in [0.15, 0.2) is 18.2 Å². The van der Waals surface area contributed by atoms with Gasteiger partial charge in [-0.2, -0.15) is 0 Å². The average Bonchev–Trinajstić information content (AvgIpc) is 1.96. The van der Waals surface area contributed by atoms with Gasteiger partial charge in [0.05, 0.1) is 6.10 Å². The molecule has 12 heavy (non-hydrogen) atoms. The summed E-state index contributed by atoms with van der Waals surface area (Å²) in [5.74, 6) is 0. The molecule has 0 aliphatic heterocycles. The molecule has 0 aliphatic carbocycles. The third kappa shape index (κ3) is 2.35. The maximum absolute atomic E-state index is 9.22.